The van der Waals surface area contributed by atoms with Gasteiger partial charge in [-0.05, 0) is 36.2 Å². The van der Waals surface area contributed by atoms with Crippen LogP contribution in [0.3, 0.4) is 0 Å². The number of carbonyl (C=O) groups excluding carboxylic acids is 2. The number of nitrogens with zero attached hydrogens (tertiary/aromatic N) is 1. The summed E-state index contributed by atoms with van der Waals surface area (Å²) in [5.41, 5.74) is 2.65. The first-order valence-electron chi connectivity index (χ1n) is 10.2. The van der Waals surface area contributed by atoms with Crippen LogP contribution >= 0.6 is 0 Å². The molecule has 4 rings (SSSR count). The molecule has 0 bridgehead atoms. The number of esters is 1. The van der Waals surface area contributed by atoms with E-state index in [1.807, 2.05) is 19.1 Å². The van der Waals surface area contributed by atoms with Gasteiger partial charge in [-0.1, -0.05) is 60.7 Å². The van der Waals surface area contributed by atoms with Crippen LogP contribution in [-0.4, -0.2) is 38.3 Å². The lowest BCUT2D eigenvalue weighted by Crippen LogP contribution is -2.43. The monoisotopic (exact) mass is 462 g/mol. The van der Waals surface area contributed by atoms with Crippen molar-refractivity contribution in [3.05, 3.63) is 101 Å². The molecule has 0 radical (unpaired) electrons. The summed E-state index contributed by atoms with van der Waals surface area (Å²) < 4.78 is 32.9. The zero-order valence-electron chi connectivity index (χ0n) is 18.1. The van der Waals surface area contributed by atoms with Crippen molar-refractivity contribution in [1.29, 1.82) is 0 Å². The standard InChI is InChI=1S/C25H22N2O5S/c1-17-9-8-12-19(15-17)26-22(28)16-27-24(25(29)32-2)23(18-10-4-3-5-11-18)20-13-6-7-14-21(20)33(27,30)31/h3-15H,16H2,1-2H3,(H,26,28). The van der Waals surface area contributed by atoms with Gasteiger partial charge in [-0.2, -0.15) is 0 Å². The summed E-state index contributed by atoms with van der Waals surface area (Å²) in [6, 6.07) is 22.5. The van der Waals surface area contributed by atoms with Crippen molar-refractivity contribution in [1.82, 2.24) is 4.31 Å². The lowest BCUT2D eigenvalue weighted by Gasteiger charge is -2.32. The molecule has 1 amide bonds. The minimum Gasteiger partial charge on any atom is -0.464 e. The van der Waals surface area contributed by atoms with Crippen LogP contribution in [0.2, 0.25) is 0 Å². The highest BCUT2D eigenvalue weighted by Crippen LogP contribution is 2.40. The van der Waals surface area contributed by atoms with E-state index in [0.29, 0.717) is 22.4 Å². The van der Waals surface area contributed by atoms with Gasteiger partial charge in [-0.15, -0.1) is 0 Å². The van der Waals surface area contributed by atoms with Crippen molar-refractivity contribution < 1.29 is 22.7 Å². The van der Waals surface area contributed by atoms with E-state index in [1.165, 1.54) is 13.2 Å². The maximum Gasteiger partial charge on any atom is 0.356 e. The Hall–Kier alpha value is -3.91. The Labute approximate surface area is 192 Å². The van der Waals surface area contributed by atoms with Gasteiger partial charge in [0.25, 0.3) is 10.0 Å². The zero-order chi connectivity index (χ0) is 23.6. The van der Waals surface area contributed by atoms with E-state index in [4.69, 9.17) is 4.74 Å². The number of fused-ring (bicyclic) bond motifs is 1. The summed E-state index contributed by atoms with van der Waals surface area (Å²) in [6.07, 6.45) is 0. The van der Waals surface area contributed by atoms with E-state index in [9.17, 15) is 18.0 Å². The van der Waals surface area contributed by atoms with Gasteiger partial charge in [0.2, 0.25) is 5.91 Å². The maximum atomic E-state index is 13.6. The van der Waals surface area contributed by atoms with E-state index in [0.717, 1.165) is 9.87 Å². The third-order valence-electron chi connectivity index (χ3n) is 5.24. The zero-order valence-corrected chi connectivity index (χ0v) is 18.9. The van der Waals surface area contributed by atoms with Gasteiger partial charge in [0.15, 0.2) is 0 Å². The molecule has 0 unspecified atom stereocenters. The van der Waals surface area contributed by atoms with Gasteiger partial charge >= 0.3 is 5.97 Å². The number of benzene rings is 3. The Balaban J connectivity index is 1.87. The van der Waals surface area contributed by atoms with Crippen molar-refractivity contribution >= 4 is 33.2 Å². The first-order chi connectivity index (χ1) is 15.8. The van der Waals surface area contributed by atoms with E-state index in [1.54, 1.807) is 60.7 Å². The molecule has 0 atom stereocenters. The molecule has 33 heavy (non-hydrogen) atoms. The quantitative estimate of drug-likeness (QED) is 0.585. The first-order valence-corrected chi connectivity index (χ1v) is 11.6. The largest absolute Gasteiger partial charge is 0.464 e. The average Bonchev–Trinajstić information content (AvgIpc) is 2.81. The summed E-state index contributed by atoms with van der Waals surface area (Å²) in [5.74, 6) is -1.44. The number of methoxy groups -OCH3 is 1. The second-order valence-electron chi connectivity index (χ2n) is 7.51. The molecule has 8 heteroatoms. The second kappa shape index (κ2) is 8.91. The van der Waals surface area contributed by atoms with E-state index >= 15 is 0 Å². The highest BCUT2D eigenvalue weighted by molar-refractivity contribution is 7.89. The minimum absolute atomic E-state index is 0.0138. The predicted molar refractivity (Wildman–Crippen MR) is 125 cm³/mol. The molecule has 0 spiro atoms. The molecule has 0 saturated heterocycles. The molecule has 168 valence electrons. The van der Waals surface area contributed by atoms with Crippen LogP contribution in [0.1, 0.15) is 16.7 Å². The summed E-state index contributed by atoms with van der Waals surface area (Å²) in [4.78, 5) is 25.8. The smallest absolute Gasteiger partial charge is 0.356 e. The van der Waals surface area contributed by atoms with Crippen LogP contribution in [0, 0.1) is 6.92 Å². The highest BCUT2D eigenvalue weighted by atomic mass is 32.2. The van der Waals surface area contributed by atoms with Crippen LogP contribution in [0.5, 0.6) is 0 Å². The van der Waals surface area contributed by atoms with Crippen LogP contribution < -0.4 is 5.32 Å². The number of nitrogens with one attached hydrogen (secondary N) is 1. The fraction of sp³-hybridized carbons (Fsp3) is 0.120. The fourth-order valence-corrected chi connectivity index (χ4v) is 5.43. The fourth-order valence-electron chi connectivity index (χ4n) is 3.80. The second-order valence-corrected chi connectivity index (χ2v) is 9.34. The van der Waals surface area contributed by atoms with Gasteiger partial charge in [0.1, 0.15) is 12.2 Å². The van der Waals surface area contributed by atoms with Gasteiger partial charge < -0.3 is 10.1 Å². The molecule has 3 aromatic carbocycles. The predicted octanol–water partition coefficient (Wildman–Crippen LogP) is 3.57. The molecule has 1 aliphatic heterocycles. The van der Waals surface area contributed by atoms with Gasteiger partial charge in [0, 0.05) is 16.8 Å². The number of amides is 1. The molecule has 3 aromatic rings. The number of anilines is 1. The number of aryl methyl sites for hydroxylation is 1. The summed E-state index contributed by atoms with van der Waals surface area (Å²) >= 11 is 0. The Morgan fingerprint density at radius 3 is 2.33 bits per heavy atom. The lowest BCUT2D eigenvalue weighted by molar-refractivity contribution is -0.137. The molecule has 7 nitrogen and oxygen atoms in total. The summed E-state index contributed by atoms with van der Waals surface area (Å²) in [7, 11) is -3.03. The summed E-state index contributed by atoms with van der Waals surface area (Å²) in [6.45, 7) is 1.29. The first kappa shape index (κ1) is 22.3. The number of hydrogen-bond acceptors (Lipinski definition) is 5. The Morgan fingerprint density at radius 2 is 1.64 bits per heavy atom. The van der Waals surface area contributed by atoms with Crippen LogP contribution in [0.4, 0.5) is 5.69 Å². The molecule has 1 heterocycles. The lowest BCUT2D eigenvalue weighted by atomic mass is 9.95. The van der Waals surface area contributed by atoms with Crippen molar-refractivity contribution in [3.8, 4) is 0 Å². The molecule has 0 aliphatic carbocycles. The Kier molecular flexibility index (Phi) is 6.02. The molecular formula is C25H22N2O5S. The molecule has 0 saturated carbocycles. The van der Waals surface area contributed by atoms with E-state index in [-0.39, 0.29) is 10.6 Å². The van der Waals surface area contributed by atoms with E-state index < -0.39 is 28.4 Å². The average molecular weight is 463 g/mol. The number of sulfonamides is 1. The Bertz CT molecular complexity index is 1360. The molecule has 1 aliphatic rings. The number of carbonyl (C=O) groups is 2. The molecule has 1 N–H and O–H groups in total. The summed E-state index contributed by atoms with van der Waals surface area (Å²) in [5, 5.41) is 2.70. The number of ether oxygens (including phenoxy) is 1. The van der Waals surface area contributed by atoms with Crippen molar-refractivity contribution in [2.45, 2.75) is 11.8 Å². The van der Waals surface area contributed by atoms with Crippen LogP contribution in [-0.2, 0) is 24.3 Å². The molecule has 0 fully saturated rings. The normalized spacial score (nSPS) is 14.4. The van der Waals surface area contributed by atoms with Crippen molar-refractivity contribution in [3.63, 3.8) is 0 Å². The SMILES string of the molecule is COC(=O)C1=C(c2ccccc2)c2ccccc2S(=O)(=O)N1CC(=O)Nc1cccc(C)c1. The van der Waals surface area contributed by atoms with E-state index in [2.05, 4.69) is 5.32 Å². The molecular weight excluding hydrogens is 440 g/mol. The molecule has 0 aromatic heterocycles. The minimum atomic E-state index is -4.21. The van der Waals surface area contributed by atoms with Crippen molar-refractivity contribution in [2.75, 3.05) is 19.0 Å². The Morgan fingerprint density at radius 1 is 0.939 bits per heavy atom. The topological polar surface area (TPSA) is 92.8 Å². The third-order valence-corrected chi connectivity index (χ3v) is 7.04. The van der Waals surface area contributed by atoms with Gasteiger partial charge in [-0.25, -0.2) is 17.5 Å². The van der Waals surface area contributed by atoms with Gasteiger partial charge in [0.05, 0.1) is 12.0 Å². The van der Waals surface area contributed by atoms with Gasteiger partial charge in [-0.3, -0.25) is 4.79 Å². The highest BCUT2D eigenvalue weighted by Gasteiger charge is 2.41. The maximum absolute atomic E-state index is 13.6. The number of hydrogen-bond donors (Lipinski definition) is 1. The van der Waals surface area contributed by atoms with Crippen LogP contribution in [0.15, 0.2) is 89.5 Å². The van der Waals surface area contributed by atoms with Crippen LogP contribution in [0.25, 0.3) is 5.57 Å². The van der Waals surface area contributed by atoms with Crippen molar-refractivity contribution in [2.24, 2.45) is 0 Å². The number of rotatable bonds is 5. The third kappa shape index (κ3) is 4.25.